The lowest BCUT2D eigenvalue weighted by atomic mass is 10.2. The van der Waals surface area contributed by atoms with E-state index in [1.807, 2.05) is 10.9 Å². The fraction of sp³-hybridized carbons (Fsp3) is 0.125. The molecule has 2 amide bonds. The van der Waals surface area contributed by atoms with Crippen LogP contribution in [0.15, 0.2) is 36.5 Å². The first-order valence-corrected chi connectivity index (χ1v) is 7.08. The number of rotatable bonds is 5. The molecule has 25 heavy (non-hydrogen) atoms. The molecule has 9 heteroatoms. The summed E-state index contributed by atoms with van der Waals surface area (Å²) >= 11 is 0. The molecular weight excluding hydrogens is 333 g/mol. The Hall–Kier alpha value is -3.49. The fourth-order valence-corrected chi connectivity index (χ4v) is 1.80. The van der Waals surface area contributed by atoms with Crippen LogP contribution in [0.2, 0.25) is 0 Å². The first-order chi connectivity index (χ1) is 11.9. The highest BCUT2D eigenvalue weighted by molar-refractivity contribution is 5.98. The molecule has 0 fully saturated rings. The molecule has 3 N–H and O–H groups in total. The minimum atomic E-state index is -0.853. The highest BCUT2D eigenvalue weighted by Gasteiger charge is 2.15. The molecule has 8 nitrogen and oxygen atoms in total. The SMILES string of the molecule is CC(=O)c1c[nH]c(C(=O)OCC(=O)NNC(=O)c2ccccc2F)c1. The van der Waals surface area contributed by atoms with E-state index in [1.165, 1.54) is 37.4 Å². The number of aromatic nitrogens is 1. The van der Waals surface area contributed by atoms with E-state index < -0.39 is 30.2 Å². The Kier molecular flexibility index (Phi) is 5.62. The Labute approximate surface area is 141 Å². The molecule has 0 unspecified atom stereocenters. The number of hydrazine groups is 1. The summed E-state index contributed by atoms with van der Waals surface area (Å²) in [5.41, 5.74) is 4.05. The van der Waals surface area contributed by atoms with Gasteiger partial charge in [0.05, 0.1) is 5.56 Å². The quantitative estimate of drug-likeness (QED) is 0.423. The van der Waals surface area contributed by atoms with Crippen molar-refractivity contribution in [2.24, 2.45) is 0 Å². The van der Waals surface area contributed by atoms with Gasteiger partial charge in [-0.15, -0.1) is 0 Å². The minimum Gasteiger partial charge on any atom is -0.451 e. The maximum absolute atomic E-state index is 13.4. The zero-order valence-electron chi connectivity index (χ0n) is 13.1. The summed E-state index contributed by atoms with van der Waals surface area (Å²) in [6.07, 6.45) is 1.34. The standard InChI is InChI=1S/C16H14FN3O5/c1-9(21)10-6-13(18-7-10)16(24)25-8-14(22)19-20-15(23)11-4-2-3-5-12(11)17/h2-7,18H,8H2,1H3,(H,19,22)(H,20,23). The van der Waals surface area contributed by atoms with E-state index in [0.717, 1.165) is 6.07 Å². The number of hydrogen-bond acceptors (Lipinski definition) is 5. The smallest absolute Gasteiger partial charge is 0.355 e. The van der Waals surface area contributed by atoms with E-state index in [-0.39, 0.29) is 17.0 Å². The average Bonchev–Trinajstić information content (AvgIpc) is 3.08. The average molecular weight is 347 g/mol. The summed E-state index contributed by atoms with van der Waals surface area (Å²) in [7, 11) is 0. The molecule has 1 heterocycles. The van der Waals surface area contributed by atoms with Crippen molar-refractivity contribution in [3.8, 4) is 0 Å². The molecule has 0 saturated carbocycles. The van der Waals surface area contributed by atoms with E-state index in [1.54, 1.807) is 0 Å². The Morgan fingerprint density at radius 3 is 2.52 bits per heavy atom. The summed E-state index contributed by atoms with van der Waals surface area (Å²) < 4.78 is 18.1. The fourth-order valence-electron chi connectivity index (χ4n) is 1.80. The number of esters is 1. The Morgan fingerprint density at radius 2 is 1.88 bits per heavy atom. The van der Waals surface area contributed by atoms with Crippen molar-refractivity contribution in [1.29, 1.82) is 0 Å². The third kappa shape index (κ3) is 4.74. The first-order valence-electron chi connectivity index (χ1n) is 7.08. The Balaban J connectivity index is 1.80. The summed E-state index contributed by atoms with van der Waals surface area (Å²) in [6, 6.07) is 6.52. The van der Waals surface area contributed by atoms with Crippen LogP contribution in [0.4, 0.5) is 4.39 Å². The zero-order chi connectivity index (χ0) is 18.4. The maximum Gasteiger partial charge on any atom is 0.355 e. The van der Waals surface area contributed by atoms with Gasteiger partial charge in [0, 0.05) is 11.8 Å². The molecule has 1 aromatic carbocycles. The molecule has 0 saturated heterocycles. The van der Waals surface area contributed by atoms with Crippen LogP contribution in [0.25, 0.3) is 0 Å². The number of benzene rings is 1. The summed E-state index contributed by atoms with van der Waals surface area (Å²) in [5.74, 6) is -3.50. The zero-order valence-corrected chi connectivity index (χ0v) is 13.1. The highest BCUT2D eigenvalue weighted by Crippen LogP contribution is 2.06. The van der Waals surface area contributed by atoms with Crippen molar-refractivity contribution in [2.45, 2.75) is 6.92 Å². The lowest BCUT2D eigenvalue weighted by Crippen LogP contribution is -2.43. The number of ketones is 1. The van der Waals surface area contributed by atoms with Crippen molar-refractivity contribution in [1.82, 2.24) is 15.8 Å². The number of H-pyrrole nitrogens is 1. The van der Waals surface area contributed by atoms with Gasteiger partial charge < -0.3 is 9.72 Å². The predicted molar refractivity (Wildman–Crippen MR) is 83.1 cm³/mol. The third-order valence-corrected chi connectivity index (χ3v) is 3.08. The van der Waals surface area contributed by atoms with Gasteiger partial charge in [0.1, 0.15) is 11.5 Å². The van der Waals surface area contributed by atoms with E-state index >= 15 is 0 Å². The van der Waals surface area contributed by atoms with Gasteiger partial charge in [0.25, 0.3) is 11.8 Å². The molecule has 0 atom stereocenters. The van der Waals surface area contributed by atoms with Gasteiger partial charge in [-0.3, -0.25) is 25.2 Å². The number of carbonyl (C=O) groups excluding carboxylic acids is 4. The number of Topliss-reactive ketones (excluding diaryl/α,β-unsaturated/α-hetero) is 1. The van der Waals surface area contributed by atoms with Crippen LogP contribution < -0.4 is 10.9 Å². The Bertz CT molecular complexity index is 831. The molecule has 0 spiro atoms. The molecule has 0 radical (unpaired) electrons. The second-order valence-corrected chi connectivity index (χ2v) is 4.92. The Morgan fingerprint density at radius 1 is 1.16 bits per heavy atom. The number of aromatic amines is 1. The second-order valence-electron chi connectivity index (χ2n) is 4.92. The van der Waals surface area contributed by atoms with Gasteiger partial charge in [-0.2, -0.15) is 0 Å². The van der Waals surface area contributed by atoms with Gasteiger partial charge in [-0.1, -0.05) is 12.1 Å². The number of hydrogen-bond donors (Lipinski definition) is 3. The van der Waals surface area contributed by atoms with Crippen LogP contribution in [0.5, 0.6) is 0 Å². The van der Waals surface area contributed by atoms with E-state index in [9.17, 15) is 23.6 Å². The summed E-state index contributed by atoms with van der Waals surface area (Å²) in [4.78, 5) is 48.6. The molecule has 0 bridgehead atoms. The number of halogens is 1. The van der Waals surface area contributed by atoms with Crippen molar-refractivity contribution in [3.05, 3.63) is 59.2 Å². The topological polar surface area (TPSA) is 117 Å². The molecule has 2 rings (SSSR count). The van der Waals surface area contributed by atoms with E-state index in [0.29, 0.717) is 5.56 Å². The van der Waals surface area contributed by atoms with Crippen molar-refractivity contribution >= 4 is 23.6 Å². The van der Waals surface area contributed by atoms with Crippen LogP contribution in [-0.4, -0.2) is 35.2 Å². The lowest BCUT2D eigenvalue weighted by molar-refractivity contribution is -0.125. The van der Waals surface area contributed by atoms with Crippen molar-refractivity contribution in [3.63, 3.8) is 0 Å². The number of carbonyl (C=O) groups is 4. The van der Waals surface area contributed by atoms with Crippen LogP contribution in [0.3, 0.4) is 0 Å². The molecule has 0 aliphatic heterocycles. The normalized spacial score (nSPS) is 10.0. The summed E-state index contributed by atoms with van der Waals surface area (Å²) in [5, 5.41) is 0. The molecule has 0 aliphatic rings. The summed E-state index contributed by atoms with van der Waals surface area (Å²) in [6.45, 7) is 0.662. The van der Waals surface area contributed by atoms with Crippen LogP contribution in [0.1, 0.15) is 38.1 Å². The maximum atomic E-state index is 13.4. The van der Waals surface area contributed by atoms with Gasteiger partial charge in [-0.25, -0.2) is 9.18 Å². The van der Waals surface area contributed by atoms with Crippen LogP contribution in [-0.2, 0) is 9.53 Å². The first kappa shape index (κ1) is 17.9. The predicted octanol–water partition coefficient (Wildman–Crippen LogP) is 0.974. The van der Waals surface area contributed by atoms with Gasteiger partial charge in [-0.05, 0) is 25.1 Å². The van der Waals surface area contributed by atoms with E-state index in [2.05, 4.69) is 4.98 Å². The van der Waals surface area contributed by atoms with Gasteiger partial charge in [0.15, 0.2) is 12.4 Å². The van der Waals surface area contributed by atoms with Crippen molar-refractivity contribution < 1.29 is 28.3 Å². The second kappa shape index (κ2) is 7.86. The number of amides is 2. The number of ether oxygens (including phenoxy) is 1. The van der Waals surface area contributed by atoms with Crippen LogP contribution >= 0.6 is 0 Å². The molecule has 2 aromatic rings. The highest BCUT2D eigenvalue weighted by atomic mass is 19.1. The van der Waals surface area contributed by atoms with E-state index in [4.69, 9.17) is 4.74 Å². The van der Waals surface area contributed by atoms with Crippen molar-refractivity contribution in [2.75, 3.05) is 6.61 Å². The molecular formula is C16H14FN3O5. The third-order valence-electron chi connectivity index (χ3n) is 3.08. The minimum absolute atomic E-state index is 0.00777. The number of nitrogens with one attached hydrogen (secondary N) is 3. The lowest BCUT2D eigenvalue weighted by Gasteiger charge is -2.08. The molecule has 0 aliphatic carbocycles. The monoisotopic (exact) mass is 347 g/mol. The van der Waals surface area contributed by atoms with Crippen LogP contribution in [0, 0.1) is 5.82 Å². The molecule has 1 aromatic heterocycles. The molecule has 130 valence electrons. The van der Waals surface area contributed by atoms with Gasteiger partial charge >= 0.3 is 5.97 Å². The van der Waals surface area contributed by atoms with Gasteiger partial charge in [0.2, 0.25) is 0 Å². The largest absolute Gasteiger partial charge is 0.451 e.